The molecule has 2 aromatic rings. The third-order valence-corrected chi connectivity index (χ3v) is 7.00. The van der Waals surface area contributed by atoms with E-state index in [1.807, 2.05) is 31.2 Å². The summed E-state index contributed by atoms with van der Waals surface area (Å²) in [5, 5.41) is -0.605. The number of rotatable bonds is 5. The fourth-order valence-electron chi connectivity index (χ4n) is 3.12. The van der Waals surface area contributed by atoms with Crippen molar-refractivity contribution in [2.24, 2.45) is 11.7 Å². The Morgan fingerprint density at radius 3 is 2.17 bits per heavy atom. The lowest BCUT2D eigenvalue weighted by molar-refractivity contribution is 0.414. The summed E-state index contributed by atoms with van der Waals surface area (Å²) in [6, 6.07) is 14.3. The summed E-state index contributed by atoms with van der Waals surface area (Å²) in [7, 11) is -1.90. The molecule has 0 saturated heterocycles. The maximum absolute atomic E-state index is 13.0. The van der Waals surface area contributed by atoms with E-state index in [0.29, 0.717) is 4.90 Å². The van der Waals surface area contributed by atoms with Crippen LogP contribution in [0, 0.1) is 12.8 Å². The zero-order chi connectivity index (χ0) is 17.5. The Kier molecular flexibility index (Phi) is 4.36. The molecule has 3 atom stereocenters. The number of benzene rings is 2. The first kappa shape index (κ1) is 16.9. The molecule has 1 aliphatic carbocycles. The Hall–Kier alpha value is -1.92. The van der Waals surface area contributed by atoms with Crippen molar-refractivity contribution in [2.45, 2.75) is 23.0 Å². The van der Waals surface area contributed by atoms with Gasteiger partial charge >= 0.3 is 0 Å². The van der Waals surface area contributed by atoms with Crippen LogP contribution in [0.2, 0.25) is 0 Å². The molecule has 1 saturated carbocycles. The van der Waals surface area contributed by atoms with Gasteiger partial charge in [-0.3, -0.25) is 0 Å². The highest BCUT2D eigenvalue weighted by molar-refractivity contribution is 7.92. The van der Waals surface area contributed by atoms with E-state index >= 15 is 0 Å². The first-order chi connectivity index (χ1) is 11.4. The van der Waals surface area contributed by atoms with Crippen LogP contribution >= 0.6 is 12.2 Å². The fraction of sp³-hybridized carbons (Fsp3) is 0.278. The molecule has 2 N–H and O–H groups in total. The average molecular weight is 361 g/mol. The minimum atomic E-state index is -3.49. The molecule has 6 heteroatoms. The summed E-state index contributed by atoms with van der Waals surface area (Å²) < 4.78 is 31.1. The van der Waals surface area contributed by atoms with Crippen molar-refractivity contribution in [1.82, 2.24) is 0 Å². The molecule has 0 bridgehead atoms. The highest BCUT2D eigenvalue weighted by Crippen LogP contribution is 2.54. The van der Waals surface area contributed by atoms with E-state index in [1.165, 1.54) is 0 Å². The number of hydrogen-bond acceptors (Lipinski definition) is 4. The third kappa shape index (κ3) is 2.91. The van der Waals surface area contributed by atoms with Gasteiger partial charge in [0, 0.05) is 11.8 Å². The second-order valence-electron chi connectivity index (χ2n) is 6.05. The first-order valence-electron chi connectivity index (χ1n) is 7.60. The van der Waals surface area contributed by atoms with E-state index in [2.05, 4.69) is 0 Å². The molecular weight excluding hydrogens is 342 g/mol. The number of nitrogens with two attached hydrogens (primary N) is 1. The molecule has 126 valence electrons. The molecule has 1 aliphatic rings. The van der Waals surface area contributed by atoms with Crippen LogP contribution in [-0.2, 0) is 9.84 Å². The van der Waals surface area contributed by atoms with E-state index in [1.54, 1.807) is 31.4 Å². The van der Waals surface area contributed by atoms with Crippen LogP contribution in [0.5, 0.6) is 5.75 Å². The van der Waals surface area contributed by atoms with Crippen molar-refractivity contribution in [1.29, 1.82) is 0 Å². The quantitative estimate of drug-likeness (QED) is 0.830. The van der Waals surface area contributed by atoms with Crippen molar-refractivity contribution in [3.63, 3.8) is 0 Å². The van der Waals surface area contributed by atoms with Crippen molar-refractivity contribution in [3.8, 4) is 5.75 Å². The SMILES string of the molecule is COc1ccc([C@@H]2[C@@H](C(N)=S)[C@@H]2S(=O)(=O)c2ccc(C)cc2)cc1. The van der Waals surface area contributed by atoms with Gasteiger partial charge in [0.05, 0.1) is 22.2 Å². The molecule has 2 aromatic carbocycles. The zero-order valence-electron chi connectivity index (χ0n) is 13.5. The number of sulfone groups is 1. The highest BCUT2D eigenvalue weighted by Gasteiger charge is 2.60. The summed E-state index contributed by atoms with van der Waals surface area (Å²) in [4.78, 5) is 0.562. The van der Waals surface area contributed by atoms with Crippen LogP contribution in [0.3, 0.4) is 0 Å². The fourth-order valence-corrected chi connectivity index (χ4v) is 5.65. The second kappa shape index (κ2) is 6.18. The van der Waals surface area contributed by atoms with Crippen LogP contribution in [0.1, 0.15) is 17.0 Å². The molecule has 24 heavy (non-hydrogen) atoms. The molecule has 0 amide bonds. The van der Waals surface area contributed by atoms with E-state index < -0.39 is 15.1 Å². The molecule has 0 radical (unpaired) electrons. The lowest BCUT2D eigenvalue weighted by atomic mass is 10.1. The molecule has 1 fully saturated rings. The van der Waals surface area contributed by atoms with E-state index in [0.717, 1.165) is 16.9 Å². The maximum Gasteiger partial charge on any atom is 0.182 e. The summed E-state index contributed by atoms with van der Waals surface area (Å²) in [5.41, 5.74) is 7.74. The average Bonchev–Trinajstić information content (AvgIpc) is 3.32. The van der Waals surface area contributed by atoms with Crippen LogP contribution in [-0.4, -0.2) is 25.8 Å². The Balaban J connectivity index is 1.96. The molecular formula is C18H19NO3S2. The van der Waals surface area contributed by atoms with Gasteiger partial charge in [-0.15, -0.1) is 0 Å². The van der Waals surface area contributed by atoms with E-state index in [-0.39, 0.29) is 16.8 Å². The summed E-state index contributed by atoms with van der Waals surface area (Å²) in [6.45, 7) is 1.92. The molecule has 0 heterocycles. The monoisotopic (exact) mass is 361 g/mol. The Bertz CT molecular complexity index is 858. The van der Waals surface area contributed by atoms with Gasteiger partial charge in [0.1, 0.15) is 5.75 Å². The topological polar surface area (TPSA) is 69.4 Å². The Labute approximate surface area is 147 Å². The van der Waals surface area contributed by atoms with Crippen molar-refractivity contribution in [3.05, 3.63) is 59.7 Å². The van der Waals surface area contributed by atoms with Crippen molar-refractivity contribution >= 4 is 27.0 Å². The predicted octanol–water partition coefficient (Wildman–Crippen LogP) is 2.85. The van der Waals surface area contributed by atoms with Gasteiger partial charge in [-0.2, -0.15) is 0 Å². The highest BCUT2D eigenvalue weighted by atomic mass is 32.2. The molecule has 3 rings (SSSR count). The van der Waals surface area contributed by atoms with Crippen LogP contribution < -0.4 is 10.5 Å². The van der Waals surface area contributed by atoms with E-state index in [4.69, 9.17) is 22.7 Å². The number of methoxy groups -OCH3 is 1. The number of aryl methyl sites for hydroxylation is 1. The van der Waals surface area contributed by atoms with Crippen LogP contribution in [0.15, 0.2) is 53.4 Å². The Morgan fingerprint density at radius 1 is 1.08 bits per heavy atom. The van der Waals surface area contributed by atoms with Gasteiger partial charge in [0.2, 0.25) is 0 Å². The van der Waals surface area contributed by atoms with E-state index in [9.17, 15) is 8.42 Å². The molecule has 4 nitrogen and oxygen atoms in total. The van der Waals surface area contributed by atoms with Crippen molar-refractivity contribution < 1.29 is 13.2 Å². The molecule has 0 unspecified atom stereocenters. The van der Waals surface area contributed by atoms with Gasteiger partial charge in [-0.1, -0.05) is 42.0 Å². The normalized spacial score (nSPS) is 22.8. The lowest BCUT2D eigenvalue weighted by Crippen LogP contribution is -2.17. The van der Waals surface area contributed by atoms with Gasteiger partial charge in [0.25, 0.3) is 0 Å². The summed E-state index contributed by atoms with van der Waals surface area (Å²) in [6.07, 6.45) is 0. The van der Waals surface area contributed by atoms with Gasteiger partial charge in [-0.05, 0) is 36.8 Å². The van der Waals surface area contributed by atoms with Crippen molar-refractivity contribution in [2.75, 3.05) is 7.11 Å². The standard InChI is InChI=1S/C18H19NO3S2/c1-11-3-9-14(10-4-11)24(20,21)17-15(16(17)18(19)23)12-5-7-13(22-2)8-6-12/h3-10,15-17H,1-2H3,(H2,19,23)/t15-,16-,17-/m1/s1. The molecule has 0 aliphatic heterocycles. The molecule has 0 aromatic heterocycles. The van der Waals surface area contributed by atoms with Crippen LogP contribution in [0.4, 0.5) is 0 Å². The van der Waals surface area contributed by atoms with Gasteiger partial charge in [0.15, 0.2) is 9.84 Å². The number of thiocarbonyl (C=S) groups is 1. The summed E-state index contributed by atoms with van der Waals surface area (Å²) in [5.74, 6) is 0.184. The predicted molar refractivity (Wildman–Crippen MR) is 98.2 cm³/mol. The third-order valence-electron chi connectivity index (χ3n) is 4.49. The maximum atomic E-state index is 13.0. The van der Waals surface area contributed by atoms with Gasteiger partial charge < -0.3 is 10.5 Å². The largest absolute Gasteiger partial charge is 0.497 e. The van der Waals surface area contributed by atoms with Crippen LogP contribution in [0.25, 0.3) is 0 Å². The lowest BCUT2D eigenvalue weighted by Gasteiger charge is -2.05. The Morgan fingerprint density at radius 2 is 1.67 bits per heavy atom. The first-order valence-corrected chi connectivity index (χ1v) is 9.55. The number of ether oxygens (including phenoxy) is 1. The minimum Gasteiger partial charge on any atom is -0.497 e. The second-order valence-corrected chi connectivity index (χ2v) is 8.63. The zero-order valence-corrected chi connectivity index (χ0v) is 15.1. The molecule has 0 spiro atoms. The smallest absolute Gasteiger partial charge is 0.182 e. The van der Waals surface area contributed by atoms with Gasteiger partial charge in [-0.25, -0.2) is 8.42 Å². The minimum absolute atomic E-state index is 0.209. The summed E-state index contributed by atoms with van der Waals surface area (Å²) >= 11 is 5.11. The number of hydrogen-bond donors (Lipinski definition) is 1.